The summed E-state index contributed by atoms with van der Waals surface area (Å²) in [6, 6.07) is 6.14. The summed E-state index contributed by atoms with van der Waals surface area (Å²) in [7, 11) is -0.360. The van der Waals surface area contributed by atoms with E-state index in [1.165, 1.54) is 12.1 Å². The van der Waals surface area contributed by atoms with Gasteiger partial charge in [0.1, 0.15) is 5.69 Å². The fourth-order valence-electron chi connectivity index (χ4n) is 3.11. The zero-order valence-electron chi connectivity index (χ0n) is 14.5. The highest BCUT2D eigenvalue weighted by molar-refractivity contribution is 7.85. The average Bonchev–Trinajstić information content (AvgIpc) is 2.61. The van der Waals surface area contributed by atoms with E-state index in [1.54, 1.807) is 6.07 Å². The molecule has 26 heavy (non-hydrogen) atoms. The number of aromatic nitrogens is 2. The maximum atomic E-state index is 11.3. The fourth-order valence-corrected chi connectivity index (χ4v) is 3.61. The van der Waals surface area contributed by atoms with Crippen LogP contribution in [0.3, 0.4) is 0 Å². The molecule has 0 saturated carbocycles. The Labute approximate surface area is 151 Å². The minimum Gasteiger partial charge on any atom is -0.434 e. The Kier molecular flexibility index (Phi) is 3.98. The van der Waals surface area contributed by atoms with Gasteiger partial charge in [-0.05, 0) is 19.2 Å². The van der Waals surface area contributed by atoms with Gasteiger partial charge in [-0.2, -0.15) is 8.42 Å². The van der Waals surface area contributed by atoms with E-state index in [2.05, 4.69) is 27.0 Å². The molecule has 2 aromatic rings. The number of benzene rings is 1. The lowest BCUT2D eigenvalue weighted by atomic mass is 10.2. The lowest BCUT2D eigenvalue weighted by molar-refractivity contribution is 0.311. The third-order valence-electron chi connectivity index (χ3n) is 4.71. The molecule has 1 fully saturated rings. The Morgan fingerprint density at radius 1 is 1.04 bits per heavy atom. The monoisotopic (exact) mass is 377 g/mol. The van der Waals surface area contributed by atoms with Gasteiger partial charge in [0.2, 0.25) is 0 Å². The second kappa shape index (κ2) is 6.08. The molecular weight excluding hydrogens is 358 g/mol. The van der Waals surface area contributed by atoms with Crippen molar-refractivity contribution < 1.29 is 17.7 Å². The largest absolute Gasteiger partial charge is 0.434 e. The van der Waals surface area contributed by atoms with E-state index in [9.17, 15) is 13.0 Å². The van der Waals surface area contributed by atoms with Gasteiger partial charge in [0, 0.05) is 45.4 Å². The minimum absolute atomic E-state index is 0.227. The van der Waals surface area contributed by atoms with Crippen LogP contribution in [0, 0.1) is 0 Å². The van der Waals surface area contributed by atoms with Gasteiger partial charge < -0.3 is 19.4 Å². The molecule has 10 heteroatoms. The first-order valence-corrected chi connectivity index (χ1v) is 9.61. The van der Waals surface area contributed by atoms with Gasteiger partial charge in [0.15, 0.2) is 11.6 Å². The summed E-state index contributed by atoms with van der Waals surface area (Å²) in [6.07, 6.45) is 0. The normalized spacial score (nSPS) is 17.5. The third kappa shape index (κ3) is 2.96. The number of nitrogens with zero attached hydrogens (tertiary/aromatic N) is 5. The van der Waals surface area contributed by atoms with E-state index in [4.69, 9.17) is 4.74 Å². The Hall–Kier alpha value is -2.43. The highest BCUT2D eigenvalue weighted by atomic mass is 32.2. The summed E-state index contributed by atoms with van der Waals surface area (Å²) < 4.78 is 37.6. The maximum absolute atomic E-state index is 11.3. The molecule has 138 valence electrons. The van der Waals surface area contributed by atoms with Crippen LogP contribution in [-0.2, 0) is 10.1 Å². The van der Waals surface area contributed by atoms with Crippen molar-refractivity contribution in [2.24, 2.45) is 0 Å². The lowest BCUT2D eigenvalue weighted by Gasteiger charge is -2.34. The van der Waals surface area contributed by atoms with Crippen molar-refractivity contribution in [3.8, 4) is 11.6 Å². The van der Waals surface area contributed by atoms with Crippen molar-refractivity contribution in [1.29, 1.82) is 0 Å². The number of likely N-dealkylation sites (N-methyl/N-ethyl adjacent to an activating group) is 1. The average molecular weight is 377 g/mol. The molecule has 0 bridgehead atoms. The third-order valence-corrected chi connectivity index (χ3v) is 5.56. The van der Waals surface area contributed by atoms with Crippen molar-refractivity contribution >= 4 is 27.3 Å². The number of hydrogen-bond acceptors (Lipinski definition) is 8. The first-order chi connectivity index (χ1) is 12.3. The maximum Gasteiger partial charge on any atom is 0.294 e. The molecule has 0 spiro atoms. The Bertz CT molecular complexity index is 957. The first-order valence-electron chi connectivity index (χ1n) is 8.17. The van der Waals surface area contributed by atoms with E-state index in [0.29, 0.717) is 17.3 Å². The number of rotatable bonds is 2. The van der Waals surface area contributed by atoms with E-state index in [1.807, 2.05) is 18.0 Å². The zero-order chi connectivity index (χ0) is 18.5. The first kappa shape index (κ1) is 17.0. The van der Waals surface area contributed by atoms with E-state index in [-0.39, 0.29) is 4.90 Å². The Balaban J connectivity index is 1.67. The van der Waals surface area contributed by atoms with Crippen molar-refractivity contribution in [3.05, 3.63) is 24.3 Å². The molecule has 1 saturated heterocycles. The van der Waals surface area contributed by atoms with Crippen LogP contribution in [0.4, 0.5) is 17.2 Å². The predicted octanol–water partition coefficient (Wildman–Crippen LogP) is 1.35. The van der Waals surface area contributed by atoms with Crippen LogP contribution in [0.2, 0.25) is 0 Å². The highest BCUT2D eigenvalue weighted by Gasteiger charge is 2.27. The zero-order valence-corrected chi connectivity index (χ0v) is 15.3. The lowest BCUT2D eigenvalue weighted by Crippen LogP contribution is -2.45. The van der Waals surface area contributed by atoms with Crippen LogP contribution >= 0.6 is 0 Å². The molecule has 1 aromatic carbocycles. The molecule has 1 N–H and O–H groups in total. The van der Waals surface area contributed by atoms with Gasteiger partial charge >= 0.3 is 0 Å². The summed E-state index contributed by atoms with van der Waals surface area (Å²) in [6.45, 7) is 3.68. The minimum atomic E-state index is -4.30. The van der Waals surface area contributed by atoms with Crippen LogP contribution in [-0.4, -0.2) is 68.3 Å². The van der Waals surface area contributed by atoms with Crippen LogP contribution in [0.15, 0.2) is 29.2 Å². The van der Waals surface area contributed by atoms with Crippen molar-refractivity contribution in [2.45, 2.75) is 4.90 Å². The summed E-state index contributed by atoms with van der Waals surface area (Å²) >= 11 is 0. The van der Waals surface area contributed by atoms with Crippen LogP contribution in [0.25, 0.3) is 0 Å². The Morgan fingerprint density at radius 2 is 1.77 bits per heavy atom. The molecule has 0 atom stereocenters. The molecular formula is C16H19N5O4S. The molecule has 1 aromatic heterocycles. The smallest absolute Gasteiger partial charge is 0.294 e. The molecule has 0 amide bonds. The quantitative estimate of drug-likeness (QED) is 0.777. The van der Waals surface area contributed by atoms with E-state index < -0.39 is 10.1 Å². The van der Waals surface area contributed by atoms with Crippen molar-refractivity contribution in [2.75, 3.05) is 50.1 Å². The van der Waals surface area contributed by atoms with Crippen LogP contribution in [0.5, 0.6) is 11.6 Å². The van der Waals surface area contributed by atoms with E-state index in [0.717, 1.165) is 37.7 Å². The SMILES string of the molecule is CN1CCN(c2cc3c(nn2)Oc2cc(S(=O)(=O)O)ccc2N3C)CC1. The molecule has 4 rings (SSSR count). The highest BCUT2D eigenvalue weighted by Crippen LogP contribution is 2.45. The van der Waals surface area contributed by atoms with E-state index >= 15 is 0 Å². The second-order valence-corrected chi connectivity index (χ2v) is 7.87. The summed E-state index contributed by atoms with van der Waals surface area (Å²) in [5.74, 6) is 1.38. The standard InChI is InChI=1S/C16H19N5O4S/c1-19-5-7-21(8-6-19)15-10-13-16(18-17-15)25-14-9-11(26(22,23)24)3-4-12(14)20(13)2/h3-4,9-10H,5-8H2,1-2H3,(H,22,23,24). The summed E-state index contributed by atoms with van der Waals surface area (Å²) in [4.78, 5) is 6.09. The number of fused-ring (bicyclic) bond motifs is 2. The van der Waals surface area contributed by atoms with Gasteiger partial charge in [-0.1, -0.05) is 0 Å². The molecule has 9 nitrogen and oxygen atoms in total. The molecule has 0 unspecified atom stereocenters. The topological polar surface area (TPSA) is 99.1 Å². The summed E-state index contributed by atoms with van der Waals surface area (Å²) in [5.41, 5.74) is 1.43. The predicted molar refractivity (Wildman–Crippen MR) is 96.1 cm³/mol. The van der Waals surface area contributed by atoms with Crippen molar-refractivity contribution in [1.82, 2.24) is 15.1 Å². The van der Waals surface area contributed by atoms with Crippen molar-refractivity contribution in [3.63, 3.8) is 0 Å². The van der Waals surface area contributed by atoms with Crippen LogP contribution in [0.1, 0.15) is 0 Å². The number of hydrogen-bond donors (Lipinski definition) is 1. The molecule has 0 radical (unpaired) electrons. The molecule has 3 heterocycles. The van der Waals surface area contributed by atoms with Gasteiger partial charge in [0.25, 0.3) is 16.0 Å². The Morgan fingerprint density at radius 3 is 2.46 bits per heavy atom. The van der Waals surface area contributed by atoms with Gasteiger partial charge in [-0.3, -0.25) is 4.55 Å². The molecule has 0 aliphatic carbocycles. The molecule has 2 aliphatic heterocycles. The fraction of sp³-hybridized carbons (Fsp3) is 0.375. The second-order valence-electron chi connectivity index (χ2n) is 6.45. The summed E-state index contributed by atoms with van der Waals surface area (Å²) in [5, 5.41) is 8.43. The number of ether oxygens (including phenoxy) is 1. The molecule has 2 aliphatic rings. The number of piperazine rings is 1. The van der Waals surface area contributed by atoms with Gasteiger partial charge in [0.05, 0.1) is 10.6 Å². The van der Waals surface area contributed by atoms with Gasteiger partial charge in [-0.15, -0.1) is 10.2 Å². The number of anilines is 3. The van der Waals surface area contributed by atoms with Gasteiger partial charge in [-0.25, -0.2) is 0 Å². The van der Waals surface area contributed by atoms with Crippen LogP contribution < -0.4 is 14.5 Å².